The third-order valence-corrected chi connectivity index (χ3v) is 3.91. The van der Waals surface area contributed by atoms with Gasteiger partial charge in [-0.3, -0.25) is 4.79 Å². The monoisotopic (exact) mass is 362 g/mol. The summed E-state index contributed by atoms with van der Waals surface area (Å²) in [5.41, 5.74) is 2.24. The molecule has 0 saturated heterocycles. The fourth-order valence-electron chi connectivity index (χ4n) is 2.39. The van der Waals surface area contributed by atoms with Crippen LogP contribution in [0.1, 0.15) is 20.7 Å². The Hall–Kier alpha value is -3.74. The van der Waals surface area contributed by atoms with Gasteiger partial charge in [0.25, 0.3) is 5.91 Å². The van der Waals surface area contributed by atoms with Gasteiger partial charge in [-0.25, -0.2) is 14.8 Å². The number of hydrogen-bond donors (Lipinski definition) is 1. The molecule has 3 aromatic rings. The van der Waals surface area contributed by atoms with E-state index in [0.717, 1.165) is 5.69 Å². The first-order chi connectivity index (χ1) is 13.1. The Morgan fingerprint density at radius 3 is 2.15 bits per heavy atom. The van der Waals surface area contributed by atoms with Crippen LogP contribution in [-0.2, 0) is 4.74 Å². The number of ether oxygens (including phenoxy) is 1. The molecule has 0 aliphatic carbocycles. The third-order valence-electron chi connectivity index (χ3n) is 3.91. The molecule has 0 saturated carbocycles. The van der Waals surface area contributed by atoms with E-state index in [1.54, 1.807) is 24.3 Å². The van der Waals surface area contributed by atoms with Crippen LogP contribution in [0.5, 0.6) is 0 Å². The SMILES string of the molecule is COC(=O)c1ccc(NC(=O)c2cnc(N(C)c3ccccc3)nc2)cc1. The Bertz CT molecular complexity index is 926. The number of anilines is 3. The van der Waals surface area contributed by atoms with Crippen molar-refractivity contribution in [2.45, 2.75) is 0 Å². The highest BCUT2D eigenvalue weighted by Gasteiger charge is 2.11. The smallest absolute Gasteiger partial charge is 0.337 e. The molecule has 0 aliphatic heterocycles. The van der Waals surface area contributed by atoms with E-state index in [0.29, 0.717) is 22.8 Å². The summed E-state index contributed by atoms with van der Waals surface area (Å²) in [5.74, 6) is -0.283. The fourth-order valence-corrected chi connectivity index (χ4v) is 2.39. The van der Waals surface area contributed by atoms with Crippen LogP contribution >= 0.6 is 0 Å². The van der Waals surface area contributed by atoms with Crippen LogP contribution in [0.2, 0.25) is 0 Å². The summed E-state index contributed by atoms with van der Waals surface area (Å²) in [6.07, 6.45) is 2.94. The molecule has 0 bridgehead atoms. The highest BCUT2D eigenvalue weighted by atomic mass is 16.5. The minimum atomic E-state index is -0.431. The third kappa shape index (κ3) is 4.27. The molecule has 2 aromatic carbocycles. The Morgan fingerprint density at radius 2 is 1.56 bits per heavy atom. The molecule has 0 atom stereocenters. The van der Waals surface area contributed by atoms with Crippen molar-refractivity contribution < 1.29 is 14.3 Å². The predicted octanol–water partition coefficient (Wildman–Crippen LogP) is 3.28. The molecule has 0 radical (unpaired) electrons. The maximum absolute atomic E-state index is 12.3. The van der Waals surface area contributed by atoms with Gasteiger partial charge in [0.1, 0.15) is 0 Å². The topological polar surface area (TPSA) is 84.4 Å². The van der Waals surface area contributed by atoms with Gasteiger partial charge in [0.2, 0.25) is 5.95 Å². The zero-order valence-corrected chi connectivity index (χ0v) is 14.9. The molecule has 0 unspecified atom stereocenters. The first-order valence-corrected chi connectivity index (χ1v) is 8.19. The predicted molar refractivity (Wildman–Crippen MR) is 102 cm³/mol. The quantitative estimate of drug-likeness (QED) is 0.701. The van der Waals surface area contributed by atoms with E-state index in [-0.39, 0.29) is 5.91 Å². The molecular weight excluding hydrogens is 344 g/mol. The number of nitrogens with one attached hydrogen (secondary N) is 1. The van der Waals surface area contributed by atoms with Crippen LogP contribution in [-0.4, -0.2) is 36.0 Å². The average Bonchev–Trinajstić information content (AvgIpc) is 2.74. The lowest BCUT2D eigenvalue weighted by molar-refractivity contribution is 0.0600. The number of carbonyl (C=O) groups is 2. The highest BCUT2D eigenvalue weighted by Crippen LogP contribution is 2.19. The summed E-state index contributed by atoms with van der Waals surface area (Å²) in [7, 11) is 3.17. The van der Waals surface area contributed by atoms with Crippen LogP contribution in [0.3, 0.4) is 0 Å². The van der Waals surface area contributed by atoms with Crippen LogP contribution in [0.25, 0.3) is 0 Å². The van der Waals surface area contributed by atoms with Gasteiger partial charge in [0.15, 0.2) is 0 Å². The summed E-state index contributed by atoms with van der Waals surface area (Å²) in [6, 6.07) is 16.1. The summed E-state index contributed by atoms with van der Waals surface area (Å²) < 4.78 is 4.64. The zero-order chi connectivity index (χ0) is 19.2. The first-order valence-electron chi connectivity index (χ1n) is 8.19. The van der Waals surface area contributed by atoms with Crippen molar-refractivity contribution in [3.63, 3.8) is 0 Å². The van der Waals surface area contributed by atoms with Crippen molar-refractivity contribution in [3.8, 4) is 0 Å². The Balaban J connectivity index is 1.68. The van der Waals surface area contributed by atoms with E-state index in [4.69, 9.17) is 0 Å². The van der Waals surface area contributed by atoms with Crippen molar-refractivity contribution in [1.29, 1.82) is 0 Å². The van der Waals surface area contributed by atoms with Crippen LogP contribution in [0.15, 0.2) is 67.0 Å². The second-order valence-electron chi connectivity index (χ2n) is 5.69. The van der Waals surface area contributed by atoms with Crippen LogP contribution in [0.4, 0.5) is 17.3 Å². The van der Waals surface area contributed by atoms with Gasteiger partial charge in [-0.2, -0.15) is 0 Å². The van der Waals surface area contributed by atoms with Gasteiger partial charge in [0, 0.05) is 30.8 Å². The largest absolute Gasteiger partial charge is 0.465 e. The molecule has 1 N–H and O–H groups in total. The summed E-state index contributed by atoms with van der Waals surface area (Å²) in [4.78, 5) is 34.1. The van der Waals surface area contributed by atoms with Crippen molar-refractivity contribution in [2.75, 3.05) is 24.4 Å². The van der Waals surface area contributed by atoms with Crippen molar-refractivity contribution in [1.82, 2.24) is 9.97 Å². The van der Waals surface area contributed by atoms with E-state index in [1.165, 1.54) is 19.5 Å². The number of esters is 1. The Labute approximate surface area is 156 Å². The van der Waals surface area contributed by atoms with E-state index in [1.807, 2.05) is 42.3 Å². The van der Waals surface area contributed by atoms with E-state index >= 15 is 0 Å². The number of amides is 1. The summed E-state index contributed by atoms with van der Waals surface area (Å²) in [6.45, 7) is 0. The van der Waals surface area contributed by atoms with Crippen LogP contribution < -0.4 is 10.2 Å². The minimum Gasteiger partial charge on any atom is -0.465 e. The van der Waals surface area contributed by atoms with Gasteiger partial charge < -0.3 is 15.0 Å². The van der Waals surface area contributed by atoms with Crippen LogP contribution in [0, 0.1) is 0 Å². The number of carbonyl (C=O) groups excluding carboxylic acids is 2. The lowest BCUT2D eigenvalue weighted by Gasteiger charge is -2.16. The molecule has 0 fully saturated rings. The standard InChI is InChI=1S/C20H18N4O3/c1-24(17-6-4-3-5-7-17)20-21-12-15(13-22-20)18(25)23-16-10-8-14(9-11-16)19(26)27-2/h3-13H,1-2H3,(H,23,25). The molecule has 7 heteroatoms. The molecular formula is C20H18N4O3. The molecule has 0 spiro atoms. The Kier molecular flexibility index (Phi) is 5.41. The molecule has 136 valence electrons. The maximum Gasteiger partial charge on any atom is 0.337 e. The lowest BCUT2D eigenvalue weighted by Crippen LogP contribution is -2.16. The molecule has 1 amide bonds. The number of hydrogen-bond acceptors (Lipinski definition) is 6. The normalized spacial score (nSPS) is 10.1. The molecule has 7 nitrogen and oxygen atoms in total. The van der Waals surface area contributed by atoms with E-state index in [9.17, 15) is 9.59 Å². The van der Waals surface area contributed by atoms with Crippen molar-refractivity contribution in [3.05, 3.63) is 78.1 Å². The van der Waals surface area contributed by atoms with Gasteiger partial charge >= 0.3 is 5.97 Å². The summed E-state index contributed by atoms with van der Waals surface area (Å²) >= 11 is 0. The average molecular weight is 362 g/mol. The van der Waals surface area contributed by atoms with Gasteiger partial charge in [-0.1, -0.05) is 18.2 Å². The van der Waals surface area contributed by atoms with Crippen molar-refractivity contribution >= 4 is 29.2 Å². The molecule has 0 aliphatic rings. The molecule has 3 rings (SSSR count). The molecule has 1 aromatic heterocycles. The highest BCUT2D eigenvalue weighted by molar-refractivity contribution is 6.04. The number of rotatable bonds is 5. The van der Waals surface area contributed by atoms with Gasteiger partial charge in [-0.05, 0) is 36.4 Å². The number of benzene rings is 2. The maximum atomic E-state index is 12.3. The minimum absolute atomic E-state index is 0.331. The molecule has 1 heterocycles. The van der Waals surface area contributed by atoms with Gasteiger partial charge in [-0.15, -0.1) is 0 Å². The number of para-hydroxylation sites is 1. The lowest BCUT2D eigenvalue weighted by atomic mass is 10.2. The second kappa shape index (κ2) is 8.09. The van der Waals surface area contributed by atoms with E-state index in [2.05, 4.69) is 20.0 Å². The zero-order valence-electron chi connectivity index (χ0n) is 14.9. The van der Waals surface area contributed by atoms with Crippen molar-refractivity contribution in [2.24, 2.45) is 0 Å². The number of nitrogens with zero attached hydrogens (tertiary/aromatic N) is 3. The fraction of sp³-hybridized carbons (Fsp3) is 0.100. The van der Waals surface area contributed by atoms with Gasteiger partial charge in [0.05, 0.1) is 18.2 Å². The second-order valence-corrected chi connectivity index (χ2v) is 5.69. The number of methoxy groups -OCH3 is 1. The first kappa shape index (κ1) is 18.1. The molecule has 27 heavy (non-hydrogen) atoms. The summed E-state index contributed by atoms with van der Waals surface area (Å²) in [5, 5.41) is 2.74. The number of aromatic nitrogens is 2. The Morgan fingerprint density at radius 1 is 0.926 bits per heavy atom. The van der Waals surface area contributed by atoms with E-state index < -0.39 is 5.97 Å².